The van der Waals surface area contributed by atoms with Crippen LogP contribution in [0.5, 0.6) is 0 Å². The van der Waals surface area contributed by atoms with Gasteiger partial charge in [0.05, 0.1) is 0 Å². The number of alkyl carbamates (subject to hydrolysis) is 1. The second kappa shape index (κ2) is 6.03. The molecule has 1 amide bonds. The van der Waals surface area contributed by atoms with Crippen molar-refractivity contribution in [3.8, 4) is 0 Å². The molecular weight excluding hydrogens is 218 g/mol. The van der Waals surface area contributed by atoms with Crippen molar-refractivity contribution in [3.05, 3.63) is 0 Å². The van der Waals surface area contributed by atoms with Crippen LogP contribution in [0.1, 0.15) is 54.4 Å². The normalized spacial score (nSPS) is 12.1. The molecule has 1 N–H and O–H groups in total. The van der Waals surface area contributed by atoms with Gasteiger partial charge in [0.25, 0.3) is 0 Å². The molecular formula is C13H25NO3. The quantitative estimate of drug-likeness (QED) is 0.807. The van der Waals surface area contributed by atoms with E-state index >= 15 is 0 Å². The van der Waals surface area contributed by atoms with Gasteiger partial charge < -0.3 is 14.8 Å². The maximum atomic E-state index is 11.4. The largest absolute Gasteiger partial charge is 0.444 e. The van der Waals surface area contributed by atoms with Gasteiger partial charge in [-0.2, -0.15) is 0 Å². The Morgan fingerprint density at radius 3 is 2.06 bits per heavy atom. The van der Waals surface area contributed by atoms with Crippen LogP contribution >= 0.6 is 0 Å². The highest BCUT2D eigenvalue weighted by molar-refractivity contribution is 5.75. The monoisotopic (exact) mass is 243 g/mol. The van der Waals surface area contributed by atoms with Gasteiger partial charge >= 0.3 is 6.09 Å². The minimum absolute atomic E-state index is 0.0947. The Balaban J connectivity index is 4.00. The van der Waals surface area contributed by atoms with E-state index in [4.69, 9.17) is 4.74 Å². The summed E-state index contributed by atoms with van der Waals surface area (Å²) in [6, 6.07) is 0. The summed E-state index contributed by atoms with van der Waals surface area (Å²) >= 11 is 0. The third-order valence-corrected chi connectivity index (χ3v) is 2.26. The first kappa shape index (κ1) is 15.9. The minimum atomic E-state index is -0.479. The van der Waals surface area contributed by atoms with Gasteiger partial charge in [0.2, 0.25) is 0 Å². The van der Waals surface area contributed by atoms with Crippen LogP contribution in [-0.4, -0.2) is 24.0 Å². The van der Waals surface area contributed by atoms with Gasteiger partial charge in [-0.15, -0.1) is 0 Å². The maximum absolute atomic E-state index is 11.4. The third kappa shape index (κ3) is 9.85. The molecule has 0 aliphatic heterocycles. The molecule has 4 heteroatoms. The first-order valence-electron chi connectivity index (χ1n) is 5.98. The predicted molar refractivity (Wildman–Crippen MR) is 67.9 cm³/mol. The number of carbonyl (C=O) groups is 2. The van der Waals surface area contributed by atoms with Crippen LogP contribution in [0.3, 0.4) is 0 Å². The fraction of sp³-hybridized carbons (Fsp3) is 0.846. The van der Waals surface area contributed by atoms with Crippen molar-refractivity contribution >= 4 is 11.9 Å². The van der Waals surface area contributed by atoms with Crippen LogP contribution < -0.4 is 5.32 Å². The molecule has 0 saturated heterocycles. The summed E-state index contributed by atoms with van der Waals surface area (Å²) in [7, 11) is 0. The Kier molecular flexibility index (Phi) is 5.66. The second-order valence-electron chi connectivity index (χ2n) is 6.22. The zero-order valence-corrected chi connectivity index (χ0v) is 11.8. The van der Waals surface area contributed by atoms with Crippen molar-refractivity contribution in [1.29, 1.82) is 0 Å². The van der Waals surface area contributed by atoms with Gasteiger partial charge in [-0.3, -0.25) is 0 Å². The molecule has 0 unspecified atom stereocenters. The van der Waals surface area contributed by atoms with Gasteiger partial charge in [-0.25, -0.2) is 4.79 Å². The van der Waals surface area contributed by atoms with Crippen molar-refractivity contribution in [2.45, 2.75) is 60.0 Å². The average Bonchev–Trinajstić information content (AvgIpc) is 2.09. The molecule has 0 aromatic carbocycles. The molecule has 100 valence electrons. The lowest BCUT2D eigenvalue weighted by atomic mass is 9.87. The molecule has 17 heavy (non-hydrogen) atoms. The van der Waals surface area contributed by atoms with E-state index in [1.165, 1.54) is 0 Å². The van der Waals surface area contributed by atoms with Crippen LogP contribution in [0.4, 0.5) is 4.79 Å². The van der Waals surface area contributed by atoms with E-state index in [0.29, 0.717) is 13.0 Å². The summed E-state index contributed by atoms with van der Waals surface area (Å²) in [5.74, 6) is 0.176. The number of carbonyl (C=O) groups excluding carboxylic acids is 2. The van der Waals surface area contributed by atoms with E-state index in [9.17, 15) is 9.59 Å². The highest BCUT2D eigenvalue weighted by Gasteiger charge is 2.21. The molecule has 0 heterocycles. The van der Waals surface area contributed by atoms with Crippen LogP contribution in [0.2, 0.25) is 0 Å². The van der Waals surface area contributed by atoms with Crippen molar-refractivity contribution in [2.24, 2.45) is 5.41 Å². The highest BCUT2D eigenvalue weighted by atomic mass is 16.6. The van der Waals surface area contributed by atoms with Crippen LogP contribution in [-0.2, 0) is 9.53 Å². The smallest absolute Gasteiger partial charge is 0.407 e. The average molecular weight is 243 g/mol. The van der Waals surface area contributed by atoms with E-state index in [1.807, 2.05) is 34.6 Å². The topological polar surface area (TPSA) is 55.4 Å². The second-order valence-corrected chi connectivity index (χ2v) is 6.22. The number of amides is 1. The lowest BCUT2D eigenvalue weighted by Gasteiger charge is -2.26. The predicted octanol–water partition coefficient (Wildman–Crippen LogP) is 2.91. The third-order valence-electron chi connectivity index (χ3n) is 2.26. The Morgan fingerprint density at radius 1 is 1.12 bits per heavy atom. The number of ketones is 1. The van der Waals surface area contributed by atoms with Crippen molar-refractivity contribution < 1.29 is 14.3 Å². The number of rotatable bonds is 5. The van der Waals surface area contributed by atoms with Crippen LogP contribution in [0.15, 0.2) is 0 Å². The molecule has 0 spiro atoms. The fourth-order valence-corrected chi connectivity index (χ4v) is 1.23. The van der Waals surface area contributed by atoms with E-state index in [2.05, 4.69) is 5.32 Å². The molecule has 0 saturated carbocycles. The van der Waals surface area contributed by atoms with Gasteiger partial charge in [0.1, 0.15) is 11.4 Å². The minimum Gasteiger partial charge on any atom is -0.444 e. The van der Waals surface area contributed by atoms with Crippen LogP contribution in [0, 0.1) is 5.41 Å². The van der Waals surface area contributed by atoms with E-state index in [1.54, 1.807) is 6.92 Å². The lowest BCUT2D eigenvalue weighted by Crippen LogP contribution is -2.38. The molecule has 0 aliphatic rings. The zero-order chi connectivity index (χ0) is 13.7. The molecule has 4 nitrogen and oxygen atoms in total. The summed E-state index contributed by atoms with van der Waals surface area (Å²) in [5, 5.41) is 2.73. The SMILES string of the molecule is CC(=O)CCC(C)(C)CNC(=O)OC(C)(C)C. The molecule has 0 bridgehead atoms. The molecule has 0 fully saturated rings. The number of Topliss-reactive ketones (excluding diaryl/α,β-unsaturated/α-hetero) is 1. The van der Waals surface area contributed by atoms with Crippen LogP contribution in [0.25, 0.3) is 0 Å². The first-order valence-corrected chi connectivity index (χ1v) is 5.98. The molecule has 0 aromatic rings. The molecule has 0 aromatic heterocycles. The number of hydrogen-bond donors (Lipinski definition) is 1. The molecule has 0 atom stereocenters. The lowest BCUT2D eigenvalue weighted by molar-refractivity contribution is -0.117. The Morgan fingerprint density at radius 2 is 1.65 bits per heavy atom. The molecule has 0 aliphatic carbocycles. The van der Waals surface area contributed by atoms with E-state index < -0.39 is 11.7 Å². The summed E-state index contributed by atoms with van der Waals surface area (Å²) < 4.78 is 5.14. The molecule has 0 rings (SSSR count). The maximum Gasteiger partial charge on any atom is 0.407 e. The van der Waals surface area contributed by atoms with Gasteiger partial charge in [-0.1, -0.05) is 13.8 Å². The summed E-state index contributed by atoms with van der Waals surface area (Å²) in [4.78, 5) is 22.3. The Hall–Kier alpha value is -1.06. The van der Waals surface area contributed by atoms with Crippen molar-refractivity contribution in [1.82, 2.24) is 5.32 Å². The van der Waals surface area contributed by atoms with E-state index in [-0.39, 0.29) is 11.2 Å². The summed E-state index contributed by atoms with van der Waals surface area (Å²) in [6.07, 6.45) is 0.898. The van der Waals surface area contributed by atoms with Gasteiger partial charge in [0, 0.05) is 13.0 Å². The van der Waals surface area contributed by atoms with Crippen molar-refractivity contribution in [3.63, 3.8) is 0 Å². The number of hydrogen-bond acceptors (Lipinski definition) is 3. The Bertz CT molecular complexity index is 277. The van der Waals surface area contributed by atoms with E-state index in [0.717, 1.165) is 6.42 Å². The highest BCUT2D eigenvalue weighted by Crippen LogP contribution is 2.21. The van der Waals surface area contributed by atoms with Crippen molar-refractivity contribution in [2.75, 3.05) is 6.54 Å². The number of nitrogens with one attached hydrogen (secondary N) is 1. The first-order chi connectivity index (χ1) is 7.52. The standard InChI is InChI=1S/C13H25NO3/c1-10(15)7-8-13(5,6)9-14-11(16)17-12(2,3)4/h7-9H2,1-6H3,(H,14,16). The van der Waals surface area contributed by atoms with Gasteiger partial charge in [0.15, 0.2) is 0 Å². The summed E-state index contributed by atoms with van der Waals surface area (Å²) in [5.41, 5.74) is -0.573. The zero-order valence-electron chi connectivity index (χ0n) is 11.8. The fourth-order valence-electron chi connectivity index (χ4n) is 1.23. The number of ether oxygens (including phenoxy) is 1. The Labute approximate surface area is 104 Å². The summed E-state index contributed by atoms with van der Waals surface area (Å²) in [6.45, 7) is 11.6. The molecule has 0 radical (unpaired) electrons. The van der Waals surface area contributed by atoms with Gasteiger partial charge in [-0.05, 0) is 39.5 Å².